The summed E-state index contributed by atoms with van der Waals surface area (Å²) in [6, 6.07) is 3.25. The van der Waals surface area contributed by atoms with Crippen LogP contribution in [0.2, 0.25) is 5.02 Å². The van der Waals surface area contributed by atoms with Gasteiger partial charge in [-0.1, -0.05) is 18.5 Å². The van der Waals surface area contributed by atoms with Gasteiger partial charge in [0, 0.05) is 13.1 Å². The zero-order valence-electron chi connectivity index (χ0n) is 10.4. The number of rotatable bonds is 7. The second kappa shape index (κ2) is 8.71. The van der Waals surface area contributed by atoms with E-state index >= 15 is 0 Å². The number of halogens is 3. The van der Waals surface area contributed by atoms with Gasteiger partial charge in [0.05, 0.1) is 5.02 Å². The van der Waals surface area contributed by atoms with Crippen molar-refractivity contribution in [2.24, 2.45) is 0 Å². The molecule has 0 aliphatic carbocycles. The van der Waals surface area contributed by atoms with Crippen molar-refractivity contribution >= 4 is 34.0 Å². The Bertz CT molecular complexity index is 497. The summed E-state index contributed by atoms with van der Waals surface area (Å²) in [6.45, 7) is 3.58. The molecule has 0 amide bonds. The van der Waals surface area contributed by atoms with E-state index in [2.05, 4.69) is 10.0 Å². The molecule has 0 spiro atoms. The van der Waals surface area contributed by atoms with Crippen molar-refractivity contribution in [1.29, 1.82) is 0 Å². The molecular formula is C11H17Cl2FN2O2S. The van der Waals surface area contributed by atoms with Crippen molar-refractivity contribution in [3.63, 3.8) is 0 Å². The van der Waals surface area contributed by atoms with Crippen LogP contribution in [0.3, 0.4) is 0 Å². The van der Waals surface area contributed by atoms with Crippen LogP contribution in [0, 0.1) is 5.82 Å². The average molecular weight is 331 g/mol. The van der Waals surface area contributed by atoms with Crippen molar-refractivity contribution in [2.75, 3.05) is 19.6 Å². The van der Waals surface area contributed by atoms with Gasteiger partial charge in [-0.05, 0) is 31.2 Å². The summed E-state index contributed by atoms with van der Waals surface area (Å²) >= 11 is 5.74. The molecule has 0 radical (unpaired) electrons. The largest absolute Gasteiger partial charge is 0.315 e. The topological polar surface area (TPSA) is 58.2 Å². The second-order valence-electron chi connectivity index (χ2n) is 3.72. The molecule has 2 N–H and O–H groups in total. The van der Waals surface area contributed by atoms with E-state index < -0.39 is 15.8 Å². The third-order valence-electron chi connectivity index (χ3n) is 2.20. The van der Waals surface area contributed by atoms with Crippen molar-refractivity contribution in [2.45, 2.75) is 18.2 Å². The fourth-order valence-corrected chi connectivity index (χ4v) is 2.88. The molecule has 1 aromatic rings. The first-order valence-electron chi connectivity index (χ1n) is 5.63. The van der Waals surface area contributed by atoms with Gasteiger partial charge in [0.2, 0.25) is 10.0 Å². The molecule has 8 heteroatoms. The van der Waals surface area contributed by atoms with Crippen LogP contribution in [0.5, 0.6) is 0 Å². The van der Waals surface area contributed by atoms with Crippen LogP contribution < -0.4 is 10.0 Å². The van der Waals surface area contributed by atoms with Gasteiger partial charge in [-0.2, -0.15) is 0 Å². The first-order valence-corrected chi connectivity index (χ1v) is 7.49. The van der Waals surface area contributed by atoms with Crippen LogP contribution >= 0.6 is 24.0 Å². The van der Waals surface area contributed by atoms with E-state index in [9.17, 15) is 12.8 Å². The van der Waals surface area contributed by atoms with E-state index in [0.29, 0.717) is 6.54 Å². The van der Waals surface area contributed by atoms with Crippen molar-refractivity contribution < 1.29 is 12.8 Å². The van der Waals surface area contributed by atoms with E-state index in [-0.39, 0.29) is 28.9 Å². The number of hydrogen-bond donors (Lipinski definition) is 2. The molecule has 1 rings (SSSR count). The summed E-state index contributed by atoms with van der Waals surface area (Å²) in [5.41, 5.74) is 0. The van der Waals surface area contributed by atoms with Crippen molar-refractivity contribution in [3.8, 4) is 0 Å². The van der Waals surface area contributed by atoms with Crippen LogP contribution in [0.25, 0.3) is 0 Å². The average Bonchev–Trinajstić information content (AvgIpc) is 2.32. The SMILES string of the molecule is CCCNCCNS(=O)(=O)c1cc(F)ccc1Cl.Cl. The summed E-state index contributed by atoms with van der Waals surface area (Å²) in [5, 5.41) is 3.06. The molecule has 0 aliphatic heterocycles. The highest BCUT2D eigenvalue weighted by Crippen LogP contribution is 2.21. The molecule has 0 saturated heterocycles. The van der Waals surface area contributed by atoms with E-state index in [0.717, 1.165) is 25.1 Å². The standard InChI is InChI=1S/C11H16ClFN2O2S.ClH/c1-2-5-14-6-7-15-18(16,17)11-8-9(13)3-4-10(11)12;/h3-4,8,14-15H,2,5-7H2,1H3;1H. The lowest BCUT2D eigenvalue weighted by molar-refractivity contribution is 0.572. The van der Waals surface area contributed by atoms with Gasteiger partial charge in [0.25, 0.3) is 0 Å². The maximum Gasteiger partial charge on any atom is 0.242 e. The quantitative estimate of drug-likeness (QED) is 0.753. The van der Waals surface area contributed by atoms with Gasteiger partial charge < -0.3 is 5.32 Å². The molecule has 110 valence electrons. The fourth-order valence-electron chi connectivity index (χ4n) is 1.34. The molecule has 0 unspecified atom stereocenters. The number of nitrogens with one attached hydrogen (secondary N) is 2. The summed E-state index contributed by atoms with van der Waals surface area (Å²) in [7, 11) is -3.76. The Hall–Kier alpha value is -0.400. The van der Waals surface area contributed by atoms with Gasteiger partial charge >= 0.3 is 0 Å². The molecule has 0 bridgehead atoms. The Kier molecular flexibility index (Phi) is 8.52. The Balaban J connectivity index is 0.00000324. The van der Waals surface area contributed by atoms with Crippen LogP contribution in [-0.4, -0.2) is 28.1 Å². The highest BCUT2D eigenvalue weighted by atomic mass is 35.5. The normalized spacial score (nSPS) is 11.1. The lowest BCUT2D eigenvalue weighted by Gasteiger charge is -2.08. The Morgan fingerprint density at radius 1 is 1.26 bits per heavy atom. The van der Waals surface area contributed by atoms with Crippen LogP contribution in [0.15, 0.2) is 23.1 Å². The molecule has 19 heavy (non-hydrogen) atoms. The predicted molar refractivity (Wildman–Crippen MR) is 77.0 cm³/mol. The van der Waals surface area contributed by atoms with E-state index in [1.807, 2.05) is 6.92 Å². The summed E-state index contributed by atoms with van der Waals surface area (Å²) < 4.78 is 39.1. The molecule has 0 saturated carbocycles. The van der Waals surface area contributed by atoms with Crippen molar-refractivity contribution in [3.05, 3.63) is 29.0 Å². The molecule has 0 heterocycles. The molecule has 0 atom stereocenters. The minimum Gasteiger partial charge on any atom is -0.315 e. The van der Waals surface area contributed by atoms with Gasteiger partial charge in [-0.15, -0.1) is 12.4 Å². The third-order valence-corrected chi connectivity index (χ3v) is 4.15. The monoisotopic (exact) mass is 330 g/mol. The number of hydrogen-bond acceptors (Lipinski definition) is 3. The maximum absolute atomic E-state index is 13.0. The van der Waals surface area contributed by atoms with E-state index in [1.165, 1.54) is 6.07 Å². The van der Waals surface area contributed by atoms with Gasteiger partial charge in [-0.3, -0.25) is 0 Å². The highest BCUT2D eigenvalue weighted by Gasteiger charge is 2.17. The fraction of sp³-hybridized carbons (Fsp3) is 0.455. The molecule has 4 nitrogen and oxygen atoms in total. The zero-order chi connectivity index (χ0) is 13.6. The lowest BCUT2D eigenvalue weighted by atomic mass is 10.3. The molecular weight excluding hydrogens is 314 g/mol. The molecule has 0 aliphatic rings. The molecule has 0 aromatic heterocycles. The van der Waals surface area contributed by atoms with Gasteiger partial charge in [0.15, 0.2) is 0 Å². The zero-order valence-corrected chi connectivity index (χ0v) is 12.8. The van der Waals surface area contributed by atoms with Gasteiger partial charge in [-0.25, -0.2) is 17.5 Å². The van der Waals surface area contributed by atoms with Crippen LogP contribution in [-0.2, 0) is 10.0 Å². The van der Waals surface area contributed by atoms with E-state index in [1.54, 1.807) is 0 Å². The number of benzene rings is 1. The minimum atomic E-state index is -3.76. The highest BCUT2D eigenvalue weighted by molar-refractivity contribution is 7.89. The minimum absolute atomic E-state index is 0. The molecule has 0 fully saturated rings. The summed E-state index contributed by atoms with van der Waals surface area (Å²) in [4.78, 5) is -0.236. The Labute approximate surface area is 124 Å². The summed E-state index contributed by atoms with van der Waals surface area (Å²) in [5.74, 6) is -0.635. The summed E-state index contributed by atoms with van der Waals surface area (Å²) in [6.07, 6.45) is 0.975. The maximum atomic E-state index is 13.0. The lowest BCUT2D eigenvalue weighted by Crippen LogP contribution is -2.32. The smallest absolute Gasteiger partial charge is 0.242 e. The Morgan fingerprint density at radius 2 is 1.95 bits per heavy atom. The first kappa shape index (κ1) is 18.6. The first-order chi connectivity index (χ1) is 8.47. The van der Waals surface area contributed by atoms with Crippen LogP contribution in [0.1, 0.15) is 13.3 Å². The Morgan fingerprint density at radius 3 is 2.58 bits per heavy atom. The van der Waals surface area contributed by atoms with E-state index in [4.69, 9.17) is 11.6 Å². The predicted octanol–water partition coefficient (Wildman–Crippen LogP) is 2.18. The van der Waals surface area contributed by atoms with Crippen LogP contribution in [0.4, 0.5) is 4.39 Å². The number of sulfonamides is 1. The molecule has 1 aromatic carbocycles. The van der Waals surface area contributed by atoms with Gasteiger partial charge in [0.1, 0.15) is 10.7 Å². The second-order valence-corrected chi connectivity index (χ2v) is 5.87. The van der Waals surface area contributed by atoms with Crippen molar-refractivity contribution in [1.82, 2.24) is 10.0 Å². The third kappa shape index (κ3) is 6.05.